The highest BCUT2D eigenvalue weighted by Crippen LogP contribution is 2.37. The molecule has 0 atom stereocenters. The van der Waals surface area contributed by atoms with Gasteiger partial charge < -0.3 is 0 Å². The van der Waals surface area contributed by atoms with Crippen molar-refractivity contribution in [3.8, 4) is 11.1 Å². The Hall–Kier alpha value is -4.05. The van der Waals surface area contributed by atoms with Crippen molar-refractivity contribution >= 4 is 38.7 Å². The fourth-order valence-corrected chi connectivity index (χ4v) is 8.74. The molecule has 0 saturated carbocycles. The summed E-state index contributed by atoms with van der Waals surface area (Å²) in [6.07, 6.45) is -16.4. The summed E-state index contributed by atoms with van der Waals surface area (Å²) in [7, 11) is -5.83. The van der Waals surface area contributed by atoms with E-state index in [2.05, 4.69) is 0 Å². The summed E-state index contributed by atoms with van der Waals surface area (Å²) in [6, 6.07) is 17.4. The summed E-state index contributed by atoms with van der Waals surface area (Å²) in [4.78, 5) is 0. The topological polar surface area (TPSA) is 0 Å². The molecule has 0 saturated heterocycles. The average Bonchev–Trinajstić information content (AvgIpc) is 3.01. The fourth-order valence-electron chi connectivity index (χ4n) is 5.03. The minimum Gasteiger partial charge on any atom is -0.166 e. The smallest absolute Gasteiger partial charge is 0.166 e. The first kappa shape index (κ1) is 38.8. The molecule has 266 valence electrons. The maximum atomic E-state index is 13.4. The van der Waals surface area contributed by atoms with E-state index in [1.54, 1.807) is 98.3 Å². The molecule has 0 amide bonds. The second-order valence-corrected chi connectivity index (χ2v) is 21.7. The molecule has 0 bridgehead atoms. The van der Waals surface area contributed by atoms with E-state index in [4.69, 9.17) is 0 Å². The first-order valence-corrected chi connectivity index (χ1v) is 21.1. The zero-order valence-corrected chi connectivity index (χ0v) is 28.9. The molecule has 0 unspecified atom stereocenters. The average molecular weight is 747 g/mol. The molecule has 0 N–H and O–H groups in total. The molecule has 50 heavy (non-hydrogen) atoms. The fraction of sp³-hybridized carbons (Fsp3) is 0.222. The molecule has 4 aromatic rings. The van der Waals surface area contributed by atoms with Gasteiger partial charge in [-0.3, -0.25) is 0 Å². The van der Waals surface area contributed by atoms with E-state index in [9.17, 15) is 52.7 Å². The molecule has 0 aliphatic rings. The third kappa shape index (κ3) is 9.59. The van der Waals surface area contributed by atoms with Gasteiger partial charge in [-0.25, -0.2) is 0 Å². The Kier molecular flexibility index (Phi) is 10.5. The zero-order chi connectivity index (χ0) is 37.5. The van der Waals surface area contributed by atoms with Crippen LogP contribution in [-0.4, -0.2) is 16.1 Å². The van der Waals surface area contributed by atoms with Crippen LogP contribution >= 0.6 is 0 Å². The maximum absolute atomic E-state index is 13.4. The Balaban J connectivity index is 1.52. The first-order chi connectivity index (χ1) is 22.8. The quantitative estimate of drug-likeness (QED) is 0.131. The van der Waals surface area contributed by atoms with E-state index >= 15 is 0 Å². The van der Waals surface area contributed by atoms with Gasteiger partial charge >= 0.3 is 24.7 Å². The lowest BCUT2D eigenvalue weighted by Gasteiger charge is -2.22. The van der Waals surface area contributed by atoms with Gasteiger partial charge in [-0.05, 0) is 34.4 Å². The lowest BCUT2D eigenvalue weighted by molar-refractivity contribution is -0.144. The summed E-state index contributed by atoms with van der Waals surface area (Å²) in [5.41, 5.74) is 0.817. The Morgan fingerprint density at radius 2 is 0.620 bits per heavy atom. The van der Waals surface area contributed by atoms with Crippen LogP contribution in [0.2, 0.25) is 26.2 Å². The highest BCUT2D eigenvalue weighted by Gasteiger charge is 2.40. The number of hydrogen-bond donors (Lipinski definition) is 0. The summed E-state index contributed by atoms with van der Waals surface area (Å²) in [5.74, 6) is 0. The van der Waals surface area contributed by atoms with Gasteiger partial charge in [0.25, 0.3) is 0 Å². The Bertz CT molecular complexity index is 1670. The van der Waals surface area contributed by atoms with E-state index in [1.165, 1.54) is 0 Å². The molecule has 0 fully saturated rings. The largest absolute Gasteiger partial charge is 0.416 e. The van der Waals surface area contributed by atoms with Gasteiger partial charge in [0.05, 0.1) is 22.3 Å². The summed E-state index contributed by atoms with van der Waals surface area (Å²) >= 11 is 0. The highest BCUT2D eigenvalue weighted by atomic mass is 28.3. The predicted molar refractivity (Wildman–Crippen MR) is 177 cm³/mol. The van der Waals surface area contributed by atoms with E-state index in [1.807, 2.05) is 0 Å². The van der Waals surface area contributed by atoms with Crippen LogP contribution in [0.15, 0.2) is 96.3 Å². The SMILES string of the molecule is C[Si](C)(/C=C/c1ccc(-c2ccc(/C=C/[Si](C)(C)c3cc(C(F)(F)F)cc(C(F)(F)F)c3)cc2)cc1)c1cc(C(F)(F)F)cc(C(F)(F)F)c1. The van der Waals surface area contributed by atoms with Gasteiger partial charge in [0, 0.05) is 0 Å². The summed E-state index contributed by atoms with van der Waals surface area (Å²) < 4.78 is 161. The van der Waals surface area contributed by atoms with Gasteiger partial charge in [0.1, 0.15) is 16.1 Å². The van der Waals surface area contributed by atoms with Crippen molar-refractivity contribution in [2.75, 3.05) is 0 Å². The van der Waals surface area contributed by atoms with E-state index in [-0.39, 0.29) is 22.5 Å². The lowest BCUT2D eigenvalue weighted by atomic mass is 10.0. The molecule has 14 heteroatoms. The van der Waals surface area contributed by atoms with Crippen LogP contribution in [0.4, 0.5) is 52.7 Å². The number of rotatable bonds is 7. The van der Waals surface area contributed by atoms with Crippen molar-refractivity contribution in [2.24, 2.45) is 0 Å². The lowest BCUT2D eigenvalue weighted by Crippen LogP contribution is -2.40. The van der Waals surface area contributed by atoms with Crippen LogP contribution in [0.3, 0.4) is 0 Å². The number of halogens is 12. The predicted octanol–water partition coefficient (Wildman–Crippen LogP) is 11.8. The Morgan fingerprint density at radius 3 is 0.840 bits per heavy atom. The summed E-state index contributed by atoms with van der Waals surface area (Å²) in [6.45, 7) is 6.58. The minimum atomic E-state index is -4.94. The van der Waals surface area contributed by atoms with Crippen LogP contribution in [0, 0.1) is 0 Å². The standard InChI is InChI=1S/C36H30F12Si2/c1-49(2,31-19-27(33(37,38)39)17-28(20-31)34(40,41)42)15-13-23-5-9-25(10-6-23)26-11-7-24(8-12-26)14-16-50(3,4)32-21-29(35(43,44)45)18-30(22-32)36(46,47)48/h5-22H,1-4H3/b15-13+,16-14+. The molecule has 0 aliphatic heterocycles. The van der Waals surface area contributed by atoms with Crippen LogP contribution < -0.4 is 10.4 Å². The van der Waals surface area contributed by atoms with Crippen molar-refractivity contribution in [3.63, 3.8) is 0 Å². The second-order valence-electron chi connectivity index (χ2n) is 12.9. The van der Waals surface area contributed by atoms with Gasteiger partial charge in [-0.1, -0.05) is 133 Å². The summed E-state index contributed by atoms with van der Waals surface area (Å²) in [5, 5.41) is -0.0396. The normalized spacial score (nSPS) is 13.8. The molecular weight excluding hydrogens is 717 g/mol. The van der Waals surface area contributed by atoms with Crippen molar-refractivity contribution in [3.05, 3.63) is 130 Å². The van der Waals surface area contributed by atoms with Gasteiger partial charge in [-0.15, -0.1) is 0 Å². The first-order valence-electron chi connectivity index (χ1n) is 14.9. The monoisotopic (exact) mass is 746 g/mol. The molecule has 0 heterocycles. The molecular formula is C36H30F12Si2. The number of hydrogen-bond acceptors (Lipinski definition) is 0. The highest BCUT2D eigenvalue weighted by molar-refractivity contribution is 6.94. The third-order valence-corrected chi connectivity index (χ3v) is 13.8. The zero-order valence-electron chi connectivity index (χ0n) is 26.9. The van der Waals surface area contributed by atoms with Crippen LogP contribution in [0.5, 0.6) is 0 Å². The molecule has 0 spiro atoms. The van der Waals surface area contributed by atoms with E-state index in [0.717, 1.165) is 35.4 Å². The Labute approximate surface area is 282 Å². The number of alkyl halides is 12. The van der Waals surface area contributed by atoms with Crippen LogP contribution in [0.1, 0.15) is 33.4 Å². The maximum Gasteiger partial charge on any atom is 0.416 e. The van der Waals surface area contributed by atoms with Crippen molar-refractivity contribution in [1.29, 1.82) is 0 Å². The van der Waals surface area contributed by atoms with E-state index in [0.29, 0.717) is 11.1 Å². The van der Waals surface area contributed by atoms with Crippen molar-refractivity contribution in [1.82, 2.24) is 0 Å². The number of benzene rings is 4. The second kappa shape index (κ2) is 13.6. The Morgan fingerprint density at radius 1 is 0.380 bits per heavy atom. The van der Waals surface area contributed by atoms with Crippen LogP contribution in [-0.2, 0) is 24.7 Å². The molecule has 0 aliphatic carbocycles. The molecule has 4 rings (SSSR count). The van der Waals surface area contributed by atoms with Crippen LogP contribution in [0.25, 0.3) is 23.3 Å². The molecule has 0 nitrogen and oxygen atoms in total. The minimum absolute atomic E-state index is 0.0198. The van der Waals surface area contributed by atoms with Gasteiger partial charge in [0.15, 0.2) is 0 Å². The molecule has 4 aromatic carbocycles. The van der Waals surface area contributed by atoms with E-state index < -0.39 is 63.1 Å². The third-order valence-electron chi connectivity index (χ3n) is 8.20. The van der Waals surface area contributed by atoms with Gasteiger partial charge in [0.2, 0.25) is 0 Å². The van der Waals surface area contributed by atoms with Crippen molar-refractivity contribution < 1.29 is 52.7 Å². The molecule has 0 aromatic heterocycles. The van der Waals surface area contributed by atoms with Crippen molar-refractivity contribution in [2.45, 2.75) is 50.9 Å². The molecule has 0 radical (unpaired) electrons. The van der Waals surface area contributed by atoms with Gasteiger partial charge in [-0.2, -0.15) is 52.7 Å².